The van der Waals surface area contributed by atoms with Gasteiger partial charge < -0.3 is 19.6 Å². The summed E-state index contributed by atoms with van der Waals surface area (Å²) in [4.78, 5) is 3.64. The van der Waals surface area contributed by atoms with Crippen molar-refractivity contribution >= 4 is 22.4 Å². The summed E-state index contributed by atoms with van der Waals surface area (Å²) in [5.41, 5.74) is 3.42. The number of methoxy groups -OCH3 is 1. The maximum Gasteiger partial charge on any atom is 0.308 e. The van der Waals surface area contributed by atoms with E-state index in [1.54, 1.807) is 10.9 Å². The molecule has 0 bridgehead atoms. The second-order valence-corrected chi connectivity index (χ2v) is 10.9. The maximum absolute atomic E-state index is 11.9. The molecule has 1 aliphatic rings. The van der Waals surface area contributed by atoms with Crippen LogP contribution in [0.1, 0.15) is 43.7 Å². The van der Waals surface area contributed by atoms with Gasteiger partial charge in [-0.25, -0.2) is 0 Å². The minimum absolute atomic E-state index is 0.0148. The summed E-state index contributed by atoms with van der Waals surface area (Å²) in [7, 11) is 5.49. The molecule has 0 saturated carbocycles. The number of allylic oxidation sites excluding steroid dienone is 3. The van der Waals surface area contributed by atoms with Gasteiger partial charge in [0.05, 0.1) is 13.7 Å². The lowest BCUT2D eigenvalue weighted by atomic mass is 9.71. The molecule has 0 amide bonds. The van der Waals surface area contributed by atoms with Crippen molar-refractivity contribution in [2.45, 2.75) is 38.1 Å². The van der Waals surface area contributed by atoms with Gasteiger partial charge in [0.2, 0.25) is 0 Å². The zero-order chi connectivity index (χ0) is 30.4. The van der Waals surface area contributed by atoms with Crippen LogP contribution in [0.5, 0.6) is 5.75 Å². The molecule has 4 aromatic rings. The van der Waals surface area contributed by atoms with E-state index in [4.69, 9.17) is 19.7 Å². The van der Waals surface area contributed by atoms with Crippen LogP contribution in [0.15, 0.2) is 96.8 Å². The van der Waals surface area contributed by atoms with E-state index in [-0.39, 0.29) is 16.4 Å². The van der Waals surface area contributed by atoms with Crippen LogP contribution in [-0.2, 0) is 10.3 Å². The van der Waals surface area contributed by atoms with Crippen LogP contribution in [0.25, 0.3) is 11.0 Å². The summed E-state index contributed by atoms with van der Waals surface area (Å²) in [5.74, 6) is 0.628. The zero-order valence-corrected chi connectivity index (χ0v) is 25.2. The summed E-state index contributed by atoms with van der Waals surface area (Å²) in [6.45, 7) is 2.86. The molecule has 3 aromatic carbocycles. The summed E-state index contributed by atoms with van der Waals surface area (Å²) in [6.07, 6.45) is 9.84. The molecule has 1 aromatic heterocycles. The molecule has 2 atom stereocenters. The first-order valence-electron chi connectivity index (χ1n) is 14.7. The molecule has 1 heterocycles. The van der Waals surface area contributed by atoms with Crippen molar-refractivity contribution in [1.82, 2.24) is 15.0 Å². The van der Waals surface area contributed by atoms with Crippen LogP contribution in [0.4, 0.5) is 5.69 Å². The predicted octanol–water partition coefficient (Wildman–Crippen LogP) is 6.31. The highest BCUT2D eigenvalue weighted by molar-refractivity contribution is 6.04. The van der Waals surface area contributed by atoms with E-state index < -0.39 is 11.5 Å². The van der Waals surface area contributed by atoms with E-state index in [1.165, 1.54) is 20.0 Å². The van der Waals surface area contributed by atoms with Gasteiger partial charge in [-0.05, 0) is 60.0 Å². The van der Waals surface area contributed by atoms with Gasteiger partial charge in [-0.3, -0.25) is 5.21 Å². The van der Waals surface area contributed by atoms with Crippen molar-refractivity contribution in [2.75, 3.05) is 32.7 Å². The Bertz CT molecular complexity index is 1590. The number of hydrogen-bond donors (Lipinski definition) is 1. The largest absolute Gasteiger partial charge is 0.494 e. The highest BCUT2D eigenvalue weighted by atomic mass is 16.8. The number of anilines is 1. The number of fused-ring (bicyclic) bond motifs is 1. The first kappa shape index (κ1) is 29.7. The van der Waals surface area contributed by atoms with Crippen molar-refractivity contribution < 1.29 is 19.6 Å². The molecular weight excluding hydrogens is 542 g/mol. The Labute approximate surface area is 252 Å². The lowest BCUT2D eigenvalue weighted by Crippen LogP contribution is -2.45. The highest BCUT2D eigenvalue weighted by Gasteiger charge is 2.46. The smallest absolute Gasteiger partial charge is 0.308 e. The third-order valence-electron chi connectivity index (χ3n) is 7.94. The molecule has 2 unspecified atom stereocenters. The van der Waals surface area contributed by atoms with Gasteiger partial charge in [0, 0.05) is 36.7 Å². The second kappa shape index (κ2) is 13.0. The molecule has 9 nitrogen and oxygen atoms in total. The molecule has 0 spiro atoms. The number of aromatic nitrogens is 3. The number of benzene rings is 3. The van der Waals surface area contributed by atoms with E-state index in [9.17, 15) is 10.4 Å². The summed E-state index contributed by atoms with van der Waals surface area (Å²) in [6, 6.07) is 24.1. The first-order valence-corrected chi connectivity index (χ1v) is 14.7. The zero-order valence-electron chi connectivity index (χ0n) is 25.2. The van der Waals surface area contributed by atoms with Crippen LogP contribution in [0, 0.1) is 11.1 Å². The van der Waals surface area contributed by atoms with Crippen LogP contribution in [0.2, 0.25) is 0 Å². The molecule has 43 heavy (non-hydrogen) atoms. The molecule has 0 radical (unpaired) electrons. The van der Waals surface area contributed by atoms with Crippen molar-refractivity contribution in [1.29, 1.82) is 0 Å². The number of ether oxygens (including phenoxy) is 2. The van der Waals surface area contributed by atoms with E-state index in [0.29, 0.717) is 6.61 Å². The Kier molecular flexibility index (Phi) is 8.99. The Balaban J connectivity index is 1.71. The number of unbranched alkanes of at least 4 members (excludes halogenated alkanes) is 3. The van der Waals surface area contributed by atoms with Gasteiger partial charge >= 0.3 is 5.71 Å². The summed E-state index contributed by atoms with van der Waals surface area (Å²) in [5, 5.41) is 31.7. The number of nitrogens with zero attached hydrogens (tertiary/aromatic N) is 5. The molecule has 0 aliphatic heterocycles. The van der Waals surface area contributed by atoms with Crippen LogP contribution in [0.3, 0.4) is 0 Å². The third kappa shape index (κ3) is 5.93. The van der Waals surface area contributed by atoms with E-state index in [0.717, 1.165) is 46.4 Å². The Morgan fingerprint density at radius 2 is 1.56 bits per heavy atom. The van der Waals surface area contributed by atoms with Gasteiger partial charge in [-0.15, -0.1) is 0 Å². The lowest BCUT2D eigenvalue weighted by Gasteiger charge is -2.39. The van der Waals surface area contributed by atoms with Gasteiger partial charge in [0.25, 0.3) is 0 Å². The predicted molar refractivity (Wildman–Crippen MR) is 169 cm³/mol. The third-order valence-corrected chi connectivity index (χ3v) is 7.94. The van der Waals surface area contributed by atoms with Crippen LogP contribution in [-0.4, -0.2) is 58.6 Å². The molecule has 5 rings (SSSR count). The van der Waals surface area contributed by atoms with Gasteiger partial charge in [0.15, 0.2) is 5.76 Å². The normalized spacial score (nSPS) is 17.3. The molecular formula is C34H39N5O4. The minimum atomic E-state index is -1.00. The molecule has 9 heteroatoms. The molecule has 0 saturated heterocycles. The fraction of sp³-hybridized carbons (Fsp3) is 0.324. The fourth-order valence-corrected chi connectivity index (χ4v) is 5.64. The van der Waals surface area contributed by atoms with Crippen LogP contribution < -0.4 is 9.64 Å². The quantitative estimate of drug-likeness (QED) is 0.0907. The topological polar surface area (TPSA) is 98.7 Å². The average Bonchev–Trinajstić information content (AvgIpc) is 3.46. The molecule has 1 N–H and O–H groups in total. The second-order valence-electron chi connectivity index (χ2n) is 10.9. The standard InChI is InChI=1S/C34H39N5O4/c1-5-6-7-10-23-43-29-20-15-26(16-21-29)34(25-13-18-28(19-14-25)37(2)3,39-35-30-11-8-9-12-31(30)36-39)27-17-22-32(38(40)41)33(24-27)42-4/h8-9,11-22,24,27H,5-7,10,23H2,1-4H3,(H,40,41). The van der Waals surface area contributed by atoms with Gasteiger partial charge in [-0.1, -0.05) is 68.7 Å². The van der Waals surface area contributed by atoms with E-state index in [2.05, 4.69) is 43.3 Å². The molecule has 224 valence electrons. The average molecular weight is 582 g/mol. The highest BCUT2D eigenvalue weighted by Crippen LogP contribution is 2.44. The summed E-state index contributed by atoms with van der Waals surface area (Å²) < 4.78 is 11.7. The summed E-state index contributed by atoms with van der Waals surface area (Å²) >= 11 is 0. The van der Waals surface area contributed by atoms with Crippen molar-refractivity contribution in [2.24, 2.45) is 5.92 Å². The van der Waals surface area contributed by atoms with E-state index in [1.807, 2.05) is 67.5 Å². The lowest BCUT2D eigenvalue weighted by molar-refractivity contribution is -0.725. The SMILES string of the molecule is CCCCCCOc1ccc(C(c2ccc(N(C)C)cc2)(C2C=C/C(=[N+](/[O-])O)C(OC)=C2)n2nc3ccccc3n2)cc1. The van der Waals surface area contributed by atoms with Crippen LogP contribution >= 0.6 is 0 Å². The van der Waals surface area contributed by atoms with Crippen molar-refractivity contribution in [3.63, 3.8) is 0 Å². The van der Waals surface area contributed by atoms with Crippen molar-refractivity contribution in [3.8, 4) is 5.75 Å². The Morgan fingerprint density at radius 3 is 2.12 bits per heavy atom. The van der Waals surface area contributed by atoms with Crippen molar-refractivity contribution in [3.05, 3.63) is 113 Å². The van der Waals surface area contributed by atoms with E-state index >= 15 is 0 Å². The Morgan fingerprint density at radius 1 is 0.930 bits per heavy atom. The monoisotopic (exact) mass is 581 g/mol. The Hall–Kier alpha value is -4.79. The number of rotatable bonds is 12. The molecule has 0 fully saturated rings. The first-order chi connectivity index (χ1) is 20.9. The van der Waals surface area contributed by atoms with Gasteiger partial charge in [-0.2, -0.15) is 15.0 Å². The molecule has 1 aliphatic carbocycles. The van der Waals surface area contributed by atoms with Gasteiger partial charge in [0.1, 0.15) is 22.3 Å². The minimum Gasteiger partial charge on any atom is -0.494 e. The number of hydrogen-bond acceptors (Lipinski definition) is 7. The fourth-order valence-electron chi connectivity index (χ4n) is 5.64. The maximum atomic E-state index is 11.9.